The Balaban J connectivity index is 1.73. The highest BCUT2D eigenvalue weighted by atomic mass is 35.5. The van der Waals surface area contributed by atoms with Gasteiger partial charge in [-0.2, -0.15) is 16.3 Å². The van der Waals surface area contributed by atoms with Crippen LogP contribution in [0.3, 0.4) is 0 Å². The van der Waals surface area contributed by atoms with Crippen molar-refractivity contribution in [3.8, 4) is 11.4 Å². The van der Waals surface area contributed by atoms with E-state index >= 15 is 0 Å². The summed E-state index contributed by atoms with van der Waals surface area (Å²) >= 11 is 7.71. The fourth-order valence-corrected chi connectivity index (χ4v) is 2.44. The molecule has 0 amide bonds. The lowest BCUT2D eigenvalue weighted by Gasteiger charge is -1.98. The summed E-state index contributed by atoms with van der Waals surface area (Å²) in [5, 5.41) is 15.8. The molecule has 1 atom stereocenters. The van der Waals surface area contributed by atoms with Crippen LogP contribution in [0.25, 0.3) is 11.4 Å². The van der Waals surface area contributed by atoms with Crippen LogP contribution in [0.2, 0.25) is 0 Å². The number of aromatic nitrogens is 5. The SMILES string of the molecule is CCC(Cl)c1cn(Cc2nc(-c3ccsc3)no2)nn1. The van der Waals surface area contributed by atoms with Crippen LogP contribution >= 0.6 is 22.9 Å². The molecule has 0 bridgehead atoms. The summed E-state index contributed by atoms with van der Waals surface area (Å²) in [5.41, 5.74) is 1.71. The molecular formula is C12H12ClN5OS. The predicted molar refractivity (Wildman–Crippen MR) is 75.6 cm³/mol. The highest BCUT2D eigenvalue weighted by Crippen LogP contribution is 2.21. The fraction of sp³-hybridized carbons (Fsp3) is 0.333. The Morgan fingerprint density at radius 1 is 1.50 bits per heavy atom. The quantitative estimate of drug-likeness (QED) is 0.677. The van der Waals surface area contributed by atoms with Gasteiger partial charge in [-0.05, 0) is 17.9 Å². The van der Waals surface area contributed by atoms with Crippen LogP contribution in [0.4, 0.5) is 0 Å². The molecule has 104 valence electrons. The maximum Gasteiger partial charge on any atom is 0.248 e. The second-order valence-corrected chi connectivity index (χ2v) is 5.55. The molecule has 0 aromatic carbocycles. The van der Waals surface area contributed by atoms with Gasteiger partial charge in [-0.3, -0.25) is 0 Å². The number of hydrogen-bond acceptors (Lipinski definition) is 6. The third-order valence-corrected chi connectivity index (χ3v) is 4.00. The molecule has 0 aliphatic heterocycles. The second kappa shape index (κ2) is 5.72. The van der Waals surface area contributed by atoms with Crippen molar-refractivity contribution in [2.24, 2.45) is 0 Å². The number of halogens is 1. The lowest BCUT2D eigenvalue weighted by Crippen LogP contribution is -2.00. The largest absolute Gasteiger partial charge is 0.337 e. The second-order valence-electron chi connectivity index (χ2n) is 4.24. The maximum atomic E-state index is 6.11. The lowest BCUT2D eigenvalue weighted by atomic mass is 10.3. The molecule has 3 aromatic rings. The van der Waals surface area contributed by atoms with Crippen LogP contribution in [0.5, 0.6) is 0 Å². The lowest BCUT2D eigenvalue weighted by molar-refractivity contribution is 0.364. The molecule has 0 N–H and O–H groups in total. The van der Waals surface area contributed by atoms with E-state index < -0.39 is 0 Å². The fourth-order valence-electron chi connectivity index (χ4n) is 1.71. The molecule has 0 saturated carbocycles. The van der Waals surface area contributed by atoms with Crippen molar-refractivity contribution in [3.63, 3.8) is 0 Å². The Kier molecular flexibility index (Phi) is 3.79. The van der Waals surface area contributed by atoms with Gasteiger partial charge in [0.15, 0.2) is 0 Å². The van der Waals surface area contributed by atoms with Crippen LogP contribution in [0.15, 0.2) is 27.5 Å². The summed E-state index contributed by atoms with van der Waals surface area (Å²) < 4.78 is 6.85. The maximum absolute atomic E-state index is 6.11. The first-order valence-corrected chi connectivity index (χ1v) is 7.53. The van der Waals surface area contributed by atoms with E-state index in [1.54, 1.807) is 22.2 Å². The van der Waals surface area contributed by atoms with Crippen LogP contribution in [0.1, 0.15) is 30.3 Å². The van der Waals surface area contributed by atoms with E-state index in [1.165, 1.54) is 0 Å². The zero-order valence-electron chi connectivity index (χ0n) is 10.7. The molecule has 0 aliphatic rings. The van der Waals surface area contributed by atoms with Gasteiger partial charge in [0.25, 0.3) is 0 Å². The summed E-state index contributed by atoms with van der Waals surface area (Å²) in [6.07, 6.45) is 2.61. The zero-order chi connectivity index (χ0) is 13.9. The Morgan fingerprint density at radius 2 is 2.40 bits per heavy atom. The molecule has 0 saturated heterocycles. The molecule has 3 aromatic heterocycles. The van der Waals surface area contributed by atoms with E-state index in [2.05, 4.69) is 20.5 Å². The van der Waals surface area contributed by atoms with E-state index in [0.717, 1.165) is 17.7 Å². The van der Waals surface area contributed by atoms with Gasteiger partial charge in [0.2, 0.25) is 11.7 Å². The van der Waals surface area contributed by atoms with Gasteiger partial charge < -0.3 is 4.52 Å². The zero-order valence-corrected chi connectivity index (χ0v) is 12.3. The molecule has 1 unspecified atom stereocenters. The van der Waals surface area contributed by atoms with Crippen molar-refractivity contribution in [1.82, 2.24) is 25.1 Å². The van der Waals surface area contributed by atoms with Crippen LogP contribution < -0.4 is 0 Å². The monoisotopic (exact) mass is 309 g/mol. The van der Waals surface area contributed by atoms with Gasteiger partial charge >= 0.3 is 0 Å². The molecule has 20 heavy (non-hydrogen) atoms. The van der Waals surface area contributed by atoms with E-state index in [4.69, 9.17) is 16.1 Å². The minimum atomic E-state index is -0.118. The summed E-state index contributed by atoms with van der Waals surface area (Å²) in [4.78, 5) is 4.33. The molecule has 3 rings (SSSR count). The Morgan fingerprint density at radius 3 is 3.15 bits per heavy atom. The van der Waals surface area contributed by atoms with Crippen LogP contribution in [-0.2, 0) is 6.54 Å². The number of nitrogens with zero attached hydrogens (tertiary/aromatic N) is 5. The first-order valence-electron chi connectivity index (χ1n) is 6.15. The van der Waals surface area contributed by atoms with Crippen molar-refractivity contribution in [2.45, 2.75) is 25.3 Å². The number of rotatable bonds is 5. The van der Waals surface area contributed by atoms with Gasteiger partial charge in [-0.15, -0.1) is 16.7 Å². The van der Waals surface area contributed by atoms with Crippen LogP contribution in [-0.4, -0.2) is 25.1 Å². The topological polar surface area (TPSA) is 69.6 Å². The van der Waals surface area contributed by atoms with Crippen molar-refractivity contribution < 1.29 is 4.52 Å². The molecular weight excluding hydrogens is 298 g/mol. The van der Waals surface area contributed by atoms with E-state index in [-0.39, 0.29) is 5.38 Å². The van der Waals surface area contributed by atoms with E-state index in [1.807, 2.05) is 23.8 Å². The van der Waals surface area contributed by atoms with E-state index in [9.17, 15) is 0 Å². The van der Waals surface area contributed by atoms with Gasteiger partial charge in [0, 0.05) is 10.9 Å². The number of thiophene rings is 1. The normalized spacial score (nSPS) is 12.7. The van der Waals surface area contributed by atoms with Gasteiger partial charge in [-0.25, -0.2) is 4.68 Å². The smallest absolute Gasteiger partial charge is 0.248 e. The summed E-state index contributed by atoms with van der Waals surface area (Å²) in [5.74, 6) is 1.08. The Labute approximate surface area is 124 Å². The highest BCUT2D eigenvalue weighted by Gasteiger charge is 2.13. The number of alkyl halides is 1. The number of hydrogen-bond donors (Lipinski definition) is 0. The first kappa shape index (κ1) is 13.3. The van der Waals surface area contributed by atoms with Crippen molar-refractivity contribution in [1.29, 1.82) is 0 Å². The standard InChI is InChI=1S/C12H12ClN5OS/c1-2-9(13)10-5-18(17-15-10)6-11-14-12(16-19-11)8-3-4-20-7-8/h3-5,7,9H,2,6H2,1H3. The van der Waals surface area contributed by atoms with Crippen molar-refractivity contribution >= 4 is 22.9 Å². The third-order valence-electron chi connectivity index (χ3n) is 2.78. The summed E-state index contributed by atoms with van der Waals surface area (Å²) in [7, 11) is 0. The van der Waals surface area contributed by atoms with Gasteiger partial charge in [0.05, 0.1) is 11.6 Å². The molecule has 6 nitrogen and oxygen atoms in total. The van der Waals surface area contributed by atoms with Crippen molar-refractivity contribution in [3.05, 3.63) is 34.6 Å². The summed E-state index contributed by atoms with van der Waals surface area (Å²) in [6.45, 7) is 2.39. The average molecular weight is 310 g/mol. The van der Waals surface area contributed by atoms with Gasteiger partial charge in [-0.1, -0.05) is 17.3 Å². The van der Waals surface area contributed by atoms with Gasteiger partial charge in [0.1, 0.15) is 12.2 Å². The Bertz CT molecular complexity index is 678. The van der Waals surface area contributed by atoms with Crippen molar-refractivity contribution in [2.75, 3.05) is 0 Å². The summed E-state index contributed by atoms with van der Waals surface area (Å²) in [6, 6.07) is 1.95. The third kappa shape index (κ3) is 2.73. The molecule has 0 radical (unpaired) electrons. The molecule has 0 fully saturated rings. The highest BCUT2D eigenvalue weighted by molar-refractivity contribution is 7.08. The van der Waals surface area contributed by atoms with Crippen LogP contribution in [0, 0.1) is 0 Å². The minimum Gasteiger partial charge on any atom is -0.337 e. The van der Waals surface area contributed by atoms with E-state index in [0.29, 0.717) is 18.3 Å². The predicted octanol–water partition coefficient (Wildman–Crippen LogP) is 3.13. The average Bonchev–Trinajstić information content (AvgIpc) is 3.19. The first-order chi connectivity index (χ1) is 9.76. The molecule has 0 spiro atoms. The molecule has 3 heterocycles. The Hall–Kier alpha value is -1.73. The molecule has 0 aliphatic carbocycles. The molecule has 8 heteroatoms. The minimum absolute atomic E-state index is 0.118.